The van der Waals surface area contributed by atoms with Crippen LogP contribution >= 0.6 is 0 Å². The minimum Gasteiger partial charge on any atom is -0.397 e. The van der Waals surface area contributed by atoms with E-state index in [1.165, 1.54) is 0 Å². The lowest BCUT2D eigenvalue weighted by Crippen LogP contribution is -1.78. The summed E-state index contributed by atoms with van der Waals surface area (Å²) in [5.74, 6) is 0. The third-order valence-electron chi connectivity index (χ3n) is 1.62. The lowest BCUT2D eigenvalue weighted by atomic mass is 10.2. The van der Waals surface area contributed by atoms with Crippen molar-refractivity contribution in [3.63, 3.8) is 0 Å². The Bertz CT molecular complexity index is 427. The summed E-state index contributed by atoms with van der Waals surface area (Å²) in [5.41, 5.74) is 7.56. The molecular formula is C9H9N3O. The van der Waals surface area contributed by atoms with Crippen LogP contribution in [0.3, 0.4) is 0 Å². The van der Waals surface area contributed by atoms with Crippen LogP contribution in [0.15, 0.2) is 30.5 Å². The van der Waals surface area contributed by atoms with Gasteiger partial charge >= 0.3 is 0 Å². The highest BCUT2D eigenvalue weighted by molar-refractivity contribution is 5.90. The molecule has 0 bridgehead atoms. The highest BCUT2D eigenvalue weighted by Crippen LogP contribution is 2.18. The van der Waals surface area contributed by atoms with Crippen LogP contribution in [-0.2, 0) is 4.79 Å². The fraction of sp³-hybridized carbons (Fsp3) is 0. The topological polar surface area (TPSA) is 82.7 Å². The fourth-order valence-electron chi connectivity index (χ4n) is 1.09. The van der Waals surface area contributed by atoms with Crippen molar-refractivity contribution in [3.05, 3.63) is 30.5 Å². The van der Waals surface area contributed by atoms with Crippen LogP contribution in [0.25, 0.3) is 10.9 Å². The van der Waals surface area contributed by atoms with E-state index in [1.807, 2.05) is 30.5 Å². The Kier molecular flexibility index (Phi) is 2.84. The molecule has 0 amide bonds. The lowest BCUT2D eigenvalue weighted by Gasteiger charge is -1.87. The molecule has 2 aromatic rings. The number of aromatic amines is 1. The molecule has 0 unspecified atom stereocenters. The maximum atomic E-state index is 8.35. The van der Waals surface area contributed by atoms with Crippen molar-refractivity contribution in [1.29, 1.82) is 5.41 Å². The summed E-state index contributed by atoms with van der Waals surface area (Å²) >= 11 is 0. The molecule has 0 aliphatic carbocycles. The number of aromatic nitrogens is 1. The van der Waals surface area contributed by atoms with Crippen LogP contribution in [0.4, 0.5) is 5.69 Å². The molecule has 0 saturated heterocycles. The fourth-order valence-corrected chi connectivity index (χ4v) is 1.09. The van der Waals surface area contributed by atoms with Gasteiger partial charge in [0.25, 0.3) is 0 Å². The zero-order valence-corrected chi connectivity index (χ0v) is 6.87. The molecule has 4 heteroatoms. The second kappa shape index (κ2) is 4.09. The monoisotopic (exact) mass is 175 g/mol. The Labute approximate surface area is 74.9 Å². The Balaban J connectivity index is 0.000000251. The van der Waals surface area contributed by atoms with Gasteiger partial charge in [0.05, 0.1) is 5.69 Å². The molecule has 0 atom stereocenters. The SMILES string of the molecule is N=C=O.Nc1c[nH]c2ccccc12. The first kappa shape index (κ1) is 9.03. The second-order valence-corrected chi connectivity index (χ2v) is 2.39. The number of nitrogens with two attached hydrogens (primary N) is 1. The number of fused-ring (bicyclic) bond motifs is 1. The number of nitrogens with one attached hydrogen (secondary N) is 2. The predicted octanol–water partition coefficient (Wildman–Crippen LogP) is 1.65. The number of isocyanates is 1. The van der Waals surface area contributed by atoms with E-state index >= 15 is 0 Å². The average Bonchev–Trinajstić information content (AvgIpc) is 2.50. The lowest BCUT2D eigenvalue weighted by molar-refractivity contribution is 0.563. The molecule has 2 rings (SSSR count). The summed E-state index contributed by atoms with van der Waals surface area (Å²) in [6.07, 6.45) is 2.56. The second-order valence-electron chi connectivity index (χ2n) is 2.39. The largest absolute Gasteiger partial charge is 0.397 e. The molecule has 4 N–H and O–H groups in total. The van der Waals surface area contributed by atoms with Gasteiger partial charge in [-0.05, 0) is 6.07 Å². The van der Waals surface area contributed by atoms with Crippen molar-refractivity contribution in [2.24, 2.45) is 0 Å². The molecule has 1 aromatic heterocycles. The maximum Gasteiger partial charge on any atom is 0.231 e. The number of para-hydroxylation sites is 1. The number of hydrogen-bond donors (Lipinski definition) is 3. The van der Waals surface area contributed by atoms with Crippen LogP contribution in [0.2, 0.25) is 0 Å². The molecule has 1 heterocycles. The number of benzene rings is 1. The van der Waals surface area contributed by atoms with Crippen molar-refractivity contribution < 1.29 is 4.79 Å². The van der Waals surface area contributed by atoms with Gasteiger partial charge in [-0.25, -0.2) is 10.2 Å². The molecule has 4 nitrogen and oxygen atoms in total. The van der Waals surface area contributed by atoms with E-state index in [1.54, 1.807) is 0 Å². The minimum absolute atomic E-state index is 0.750. The smallest absolute Gasteiger partial charge is 0.231 e. The van der Waals surface area contributed by atoms with Gasteiger partial charge in [0, 0.05) is 17.1 Å². The van der Waals surface area contributed by atoms with Gasteiger partial charge in [-0.1, -0.05) is 18.2 Å². The zero-order chi connectivity index (χ0) is 9.68. The summed E-state index contributed by atoms with van der Waals surface area (Å²) in [5, 5.41) is 6.50. The van der Waals surface area contributed by atoms with Crippen LogP contribution in [0, 0.1) is 5.41 Å². The van der Waals surface area contributed by atoms with Crippen molar-refractivity contribution in [2.75, 3.05) is 5.73 Å². The van der Waals surface area contributed by atoms with E-state index < -0.39 is 0 Å². The summed E-state index contributed by atoms with van der Waals surface area (Å²) in [6, 6.07) is 7.97. The normalized spacial score (nSPS) is 8.62. The van der Waals surface area contributed by atoms with Crippen molar-refractivity contribution in [3.8, 4) is 0 Å². The van der Waals surface area contributed by atoms with Crippen LogP contribution < -0.4 is 5.73 Å². The number of rotatable bonds is 0. The van der Waals surface area contributed by atoms with E-state index in [0.717, 1.165) is 22.7 Å². The van der Waals surface area contributed by atoms with E-state index in [-0.39, 0.29) is 0 Å². The van der Waals surface area contributed by atoms with Gasteiger partial charge in [0.2, 0.25) is 6.08 Å². The van der Waals surface area contributed by atoms with E-state index in [2.05, 4.69) is 4.98 Å². The summed E-state index contributed by atoms with van der Waals surface area (Å²) in [6.45, 7) is 0. The Hall–Kier alpha value is -2.06. The first-order valence-corrected chi connectivity index (χ1v) is 3.65. The van der Waals surface area contributed by atoms with Gasteiger partial charge in [0.15, 0.2) is 0 Å². The summed E-state index contributed by atoms with van der Waals surface area (Å²) in [7, 11) is 0. The molecular weight excluding hydrogens is 166 g/mol. The number of carbonyl (C=O) groups excluding carboxylic acids is 1. The third-order valence-corrected chi connectivity index (χ3v) is 1.62. The van der Waals surface area contributed by atoms with Crippen LogP contribution in [-0.4, -0.2) is 11.1 Å². The molecule has 0 spiro atoms. The molecule has 0 aliphatic heterocycles. The van der Waals surface area contributed by atoms with Gasteiger partial charge in [-0.3, -0.25) is 0 Å². The standard InChI is InChI=1S/C8H8N2.CHNO/c9-7-5-10-8-4-2-1-3-6(7)8;2-1-3/h1-5,10H,9H2;2H. The Morgan fingerprint density at radius 2 is 2.00 bits per heavy atom. The summed E-state index contributed by atoms with van der Waals surface area (Å²) < 4.78 is 0. The van der Waals surface area contributed by atoms with Crippen molar-refractivity contribution in [2.45, 2.75) is 0 Å². The number of hydrogen-bond acceptors (Lipinski definition) is 3. The van der Waals surface area contributed by atoms with E-state index in [4.69, 9.17) is 15.9 Å². The highest BCUT2D eigenvalue weighted by Gasteiger charge is 1.95. The Morgan fingerprint density at radius 1 is 1.38 bits per heavy atom. The van der Waals surface area contributed by atoms with Gasteiger partial charge in [0.1, 0.15) is 0 Å². The van der Waals surface area contributed by atoms with E-state index in [9.17, 15) is 0 Å². The van der Waals surface area contributed by atoms with E-state index in [0.29, 0.717) is 0 Å². The molecule has 13 heavy (non-hydrogen) atoms. The molecule has 66 valence electrons. The van der Waals surface area contributed by atoms with Crippen LogP contribution in [0.5, 0.6) is 0 Å². The molecule has 0 saturated carbocycles. The average molecular weight is 175 g/mol. The molecule has 0 radical (unpaired) electrons. The van der Waals surface area contributed by atoms with Crippen molar-refractivity contribution >= 4 is 22.7 Å². The quantitative estimate of drug-likeness (QED) is 0.420. The van der Waals surface area contributed by atoms with Gasteiger partial charge in [-0.15, -0.1) is 0 Å². The Morgan fingerprint density at radius 3 is 2.62 bits per heavy atom. The number of nitrogen functional groups attached to an aromatic ring is 1. The van der Waals surface area contributed by atoms with Crippen LogP contribution in [0.1, 0.15) is 0 Å². The van der Waals surface area contributed by atoms with Gasteiger partial charge in [-0.2, -0.15) is 0 Å². The highest BCUT2D eigenvalue weighted by atomic mass is 16.1. The predicted molar refractivity (Wildman–Crippen MR) is 51.1 cm³/mol. The molecule has 0 aliphatic rings. The minimum atomic E-state index is 0.750. The number of H-pyrrole nitrogens is 1. The summed E-state index contributed by atoms with van der Waals surface area (Å²) in [4.78, 5) is 11.4. The molecule has 0 fully saturated rings. The first-order valence-electron chi connectivity index (χ1n) is 3.65. The number of anilines is 1. The van der Waals surface area contributed by atoms with Crippen molar-refractivity contribution in [1.82, 2.24) is 4.98 Å². The first-order chi connectivity index (χ1) is 6.29. The maximum absolute atomic E-state index is 8.35. The van der Waals surface area contributed by atoms with Gasteiger partial charge < -0.3 is 10.7 Å². The molecule has 1 aromatic carbocycles. The third kappa shape index (κ3) is 1.95. The zero-order valence-electron chi connectivity index (χ0n) is 6.87.